The van der Waals surface area contributed by atoms with Crippen molar-refractivity contribution < 1.29 is 19.1 Å². The fraction of sp³-hybridized carbons (Fsp3) is 0.533. The summed E-state index contributed by atoms with van der Waals surface area (Å²) in [6.07, 6.45) is 0.802. The van der Waals surface area contributed by atoms with E-state index >= 15 is 0 Å². The van der Waals surface area contributed by atoms with Gasteiger partial charge in [-0.15, -0.1) is 0 Å². The van der Waals surface area contributed by atoms with Crippen molar-refractivity contribution in [1.82, 2.24) is 10.3 Å². The van der Waals surface area contributed by atoms with Gasteiger partial charge in [0.1, 0.15) is 5.69 Å². The molecule has 0 aliphatic heterocycles. The van der Waals surface area contributed by atoms with E-state index in [1.54, 1.807) is 13.8 Å². The van der Waals surface area contributed by atoms with Gasteiger partial charge in [0.25, 0.3) is 5.91 Å². The van der Waals surface area contributed by atoms with Gasteiger partial charge in [-0.05, 0) is 39.7 Å². The Labute approximate surface area is 124 Å². The molecule has 0 radical (unpaired) electrons. The van der Waals surface area contributed by atoms with Crippen LogP contribution in [0.25, 0.3) is 0 Å². The number of carbonyl (C=O) groups excluding carboxylic acids is 3. The molecule has 6 nitrogen and oxygen atoms in total. The number of aryl methyl sites for hydroxylation is 1. The Morgan fingerprint density at radius 1 is 1.29 bits per heavy atom. The Bertz CT molecular complexity index is 560. The van der Waals surface area contributed by atoms with Gasteiger partial charge in [0.05, 0.1) is 0 Å². The average Bonchev–Trinajstić information content (AvgIpc) is 2.71. The van der Waals surface area contributed by atoms with E-state index in [0.29, 0.717) is 16.8 Å². The molecule has 2 N–H and O–H groups in total. The third-order valence-electron chi connectivity index (χ3n) is 3.35. The molecule has 116 valence electrons. The van der Waals surface area contributed by atoms with Gasteiger partial charge in [-0.1, -0.05) is 6.92 Å². The van der Waals surface area contributed by atoms with Gasteiger partial charge in [0, 0.05) is 17.3 Å². The van der Waals surface area contributed by atoms with E-state index in [-0.39, 0.29) is 30.0 Å². The molecular formula is C15H22N2O4. The summed E-state index contributed by atoms with van der Waals surface area (Å²) in [5.41, 5.74) is 1.88. The molecule has 0 aromatic carbocycles. The normalized spacial score (nSPS) is 11.9. The van der Waals surface area contributed by atoms with Gasteiger partial charge in [0.2, 0.25) is 0 Å². The molecule has 1 atom stereocenters. The molecule has 0 aliphatic carbocycles. The van der Waals surface area contributed by atoms with Crippen LogP contribution >= 0.6 is 0 Å². The van der Waals surface area contributed by atoms with Crippen molar-refractivity contribution in [2.75, 3.05) is 6.61 Å². The first-order chi connectivity index (χ1) is 9.77. The molecule has 0 spiro atoms. The van der Waals surface area contributed by atoms with Crippen LogP contribution in [0.3, 0.4) is 0 Å². The smallest absolute Gasteiger partial charge is 0.355 e. The summed E-state index contributed by atoms with van der Waals surface area (Å²) >= 11 is 0. The molecule has 1 aromatic heterocycles. The Kier molecular flexibility index (Phi) is 5.69. The van der Waals surface area contributed by atoms with Crippen molar-refractivity contribution in [3.63, 3.8) is 0 Å². The van der Waals surface area contributed by atoms with Crippen LogP contribution in [0.1, 0.15) is 59.3 Å². The number of ketones is 1. The predicted octanol–water partition coefficient (Wildman–Crippen LogP) is 1.91. The highest BCUT2D eigenvalue weighted by Gasteiger charge is 2.21. The number of aromatic amines is 1. The summed E-state index contributed by atoms with van der Waals surface area (Å²) in [6, 6.07) is 0.0370. The predicted molar refractivity (Wildman–Crippen MR) is 78.4 cm³/mol. The highest BCUT2D eigenvalue weighted by Crippen LogP contribution is 2.19. The summed E-state index contributed by atoms with van der Waals surface area (Å²) in [6.45, 7) is 8.32. The minimum absolute atomic E-state index is 0.0370. The summed E-state index contributed by atoms with van der Waals surface area (Å²) in [4.78, 5) is 37.9. The standard InChI is InChI=1S/C15H22N2O4/c1-6-8(2)16-12(19)7-21-15(20)14-9(3)13(11(5)18)10(4)17-14/h8,17H,6-7H2,1-5H3,(H,16,19)/t8-/m0/s1. The molecule has 0 fully saturated rings. The number of amides is 1. The van der Waals surface area contributed by atoms with Crippen LogP contribution in [0.4, 0.5) is 0 Å². The summed E-state index contributed by atoms with van der Waals surface area (Å²) in [5.74, 6) is -1.09. The zero-order valence-corrected chi connectivity index (χ0v) is 13.1. The van der Waals surface area contributed by atoms with Crippen LogP contribution in [0, 0.1) is 13.8 Å². The molecule has 1 heterocycles. The molecule has 1 amide bonds. The second-order valence-corrected chi connectivity index (χ2v) is 5.13. The van der Waals surface area contributed by atoms with Gasteiger partial charge in [-0.2, -0.15) is 0 Å². The third-order valence-corrected chi connectivity index (χ3v) is 3.35. The van der Waals surface area contributed by atoms with Crippen LogP contribution < -0.4 is 5.32 Å². The van der Waals surface area contributed by atoms with Crippen molar-refractivity contribution in [1.29, 1.82) is 0 Å². The molecule has 1 rings (SSSR count). The highest BCUT2D eigenvalue weighted by molar-refractivity contribution is 6.01. The SMILES string of the molecule is CC[C@H](C)NC(=O)COC(=O)c1[nH]c(C)c(C(C)=O)c1C. The Balaban J connectivity index is 2.71. The number of hydrogen-bond acceptors (Lipinski definition) is 4. The average molecular weight is 294 g/mol. The second-order valence-electron chi connectivity index (χ2n) is 5.13. The first-order valence-electron chi connectivity index (χ1n) is 6.94. The van der Waals surface area contributed by atoms with Crippen LogP contribution in [-0.4, -0.2) is 35.3 Å². The van der Waals surface area contributed by atoms with Gasteiger partial charge >= 0.3 is 5.97 Å². The van der Waals surface area contributed by atoms with E-state index in [1.807, 2.05) is 13.8 Å². The van der Waals surface area contributed by atoms with E-state index < -0.39 is 5.97 Å². The van der Waals surface area contributed by atoms with Crippen LogP contribution in [0.5, 0.6) is 0 Å². The topological polar surface area (TPSA) is 88.3 Å². The Hall–Kier alpha value is -2.11. The zero-order valence-electron chi connectivity index (χ0n) is 13.1. The lowest BCUT2D eigenvalue weighted by Gasteiger charge is -2.11. The molecule has 21 heavy (non-hydrogen) atoms. The Morgan fingerprint density at radius 3 is 2.38 bits per heavy atom. The lowest BCUT2D eigenvalue weighted by atomic mass is 10.1. The molecule has 0 saturated carbocycles. The summed E-state index contributed by atoms with van der Waals surface area (Å²) in [7, 11) is 0. The van der Waals surface area contributed by atoms with Gasteiger partial charge in [0.15, 0.2) is 12.4 Å². The molecule has 6 heteroatoms. The van der Waals surface area contributed by atoms with Crippen molar-refractivity contribution >= 4 is 17.7 Å². The number of nitrogens with one attached hydrogen (secondary N) is 2. The largest absolute Gasteiger partial charge is 0.451 e. The fourth-order valence-corrected chi connectivity index (χ4v) is 2.10. The molecule has 0 unspecified atom stereocenters. The third kappa shape index (κ3) is 4.18. The second kappa shape index (κ2) is 7.06. The van der Waals surface area contributed by atoms with Crippen molar-refractivity contribution in [2.24, 2.45) is 0 Å². The van der Waals surface area contributed by atoms with Crippen LogP contribution in [0.15, 0.2) is 0 Å². The summed E-state index contributed by atoms with van der Waals surface area (Å²) < 4.78 is 4.97. The van der Waals surface area contributed by atoms with E-state index in [4.69, 9.17) is 4.74 Å². The van der Waals surface area contributed by atoms with Crippen molar-refractivity contribution in [3.05, 3.63) is 22.5 Å². The van der Waals surface area contributed by atoms with Gasteiger partial charge in [-0.3, -0.25) is 9.59 Å². The Morgan fingerprint density at radius 2 is 1.90 bits per heavy atom. The van der Waals surface area contributed by atoms with E-state index in [9.17, 15) is 14.4 Å². The number of H-pyrrole nitrogens is 1. The minimum atomic E-state index is -0.637. The number of esters is 1. The lowest BCUT2D eigenvalue weighted by molar-refractivity contribution is -0.124. The summed E-state index contributed by atoms with van der Waals surface area (Å²) in [5, 5.41) is 2.71. The number of rotatable bonds is 6. The first-order valence-corrected chi connectivity index (χ1v) is 6.94. The minimum Gasteiger partial charge on any atom is -0.451 e. The highest BCUT2D eigenvalue weighted by atomic mass is 16.5. The van der Waals surface area contributed by atoms with E-state index in [1.165, 1.54) is 6.92 Å². The van der Waals surface area contributed by atoms with Gasteiger partial charge < -0.3 is 15.0 Å². The van der Waals surface area contributed by atoms with Crippen LogP contribution in [0.2, 0.25) is 0 Å². The molecule has 0 bridgehead atoms. The monoisotopic (exact) mass is 294 g/mol. The maximum absolute atomic E-state index is 12.0. The molecule has 0 saturated heterocycles. The number of hydrogen-bond donors (Lipinski definition) is 2. The quantitative estimate of drug-likeness (QED) is 0.619. The van der Waals surface area contributed by atoms with Gasteiger partial charge in [-0.25, -0.2) is 4.79 Å². The molecule has 1 aromatic rings. The number of ether oxygens (including phenoxy) is 1. The first kappa shape index (κ1) is 16.9. The number of carbonyl (C=O) groups is 3. The van der Waals surface area contributed by atoms with E-state index in [0.717, 1.165) is 6.42 Å². The lowest BCUT2D eigenvalue weighted by Crippen LogP contribution is -2.35. The molecular weight excluding hydrogens is 272 g/mol. The number of Topliss-reactive ketones (excluding diaryl/α,β-unsaturated/α-hetero) is 1. The van der Waals surface area contributed by atoms with Crippen molar-refractivity contribution in [3.8, 4) is 0 Å². The number of aromatic nitrogens is 1. The van der Waals surface area contributed by atoms with Crippen molar-refractivity contribution in [2.45, 2.75) is 47.1 Å². The van der Waals surface area contributed by atoms with Crippen LogP contribution in [-0.2, 0) is 9.53 Å². The fourth-order valence-electron chi connectivity index (χ4n) is 2.10. The maximum atomic E-state index is 12.0. The maximum Gasteiger partial charge on any atom is 0.355 e. The van der Waals surface area contributed by atoms with E-state index in [2.05, 4.69) is 10.3 Å². The molecule has 0 aliphatic rings. The zero-order chi connectivity index (χ0) is 16.2.